The average molecular weight is 162 g/mol. The van der Waals surface area contributed by atoms with E-state index in [-0.39, 0.29) is 6.04 Å². The molecule has 0 aromatic heterocycles. The van der Waals surface area contributed by atoms with Crippen LogP contribution >= 0.6 is 0 Å². The summed E-state index contributed by atoms with van der Waals surface area (Å²) in [5.41, 5.74) is 11.6. The fourth-order valence-electron chi connectivity index (χ4n) is 1.26. The second kappa shape index (κ2) is 3.48. The molecule has 1 aromatic rings. The summed E-state index contributed by atoms with van der Waals surface area (Å²) in [6, 6.07) is 8.14. The lowest BCUT2D eigenvalue weighted by Crippen LogP contribution is -2.08. The molecule has 0 amide bonds. The smallest absolute Gasteiger partial charge is 0.163 e. The first-order chi connectivity index (χ1) is 5.63. The Bertz CT molecular complexity index is 292. The van der Waals surface area contributed by atoms with Gasteiger partial charge in [-0.15, -0.1) is 0 Å². The maximum atomic E-state index is 9.23. The first-order valence-electron chi connectivity index (χ1n) is 4.10. The van der Waals surface area contributed by atoms with Crippen molar-refractivity contribution >= 4 is 0 Å². The fourth-order valence-corrected chi connectivity index (χ4v) is 1.26. The zero-order valence-corrected chi connectivity index (χ0v) is 7.78. The third-order valence-electron chi connectivity index (χ3n) is 2.20. The summed E-state index contributed by atoms with van der Waals surface area (Å²) in [5.74, 6) is 0. The van der Waals surface area contributed by atoms with E-state index in [1.807, 2.05) is 25.1 Å². The zero-order chi connectivity index (χ0) is 9.14. The van der Waals surface area contributed by atoms with Crippen molar-refractivity contribution in [1.29, 1.82) is 0 Å². The molecular formula is C10H14N2. The van der Waals surface area contributed by atoms with Gasteiger partial charge < -0.3 is 10.2 Å². The second-order valence-corrected chi connectivity index (χ2v) is 3.11. The number of rotatable bonds is 2. The summed E-state index contributed by atoms with van der Waals surface area (Å²) in [7, 11) is 1.66. The molecular weight excluding hydrogens is 148 g/mol. The van der Waals surface area contributed by atoms with Crippen LogP contribution in [0, 0.1) is 6.92 Å². The van der Waals surface area contributed by atoms with Crippen LogP contribution in [0.15, 0.2) is 24.3 Å². The Labute approximate surface area is 73.3 Å². The SMILES string of the molecule is Cc1ccccc1C(C)[N+](C)=[N-]. The predicted molar refractivity (Wildman–Crippen MR) is 49.1 cm³/mol. The predicted octanol–water partition coefficient (Wildman–Crippen LogP) is 2.72. The van der Waals surface area contributed by atoms with Crippen LogP contribution in [0.5, 0.6) is 0 Å². The highest BCUT2D eigenvalue weighted by molar-refractivity contribution is 5.26. The van der Waals surface area contributed by atoms with Crippen molar-refractivity contribution in [3.8, 4) is 0 Å². The molecule has 0 fully saturated rings. The summed E-state index contributed by atoms with van der Waals surface area (Å²) < 4.78 is 1.22. The Kier molecular flexibility index (Phi) is 2.58. The molecule has 2 heteroatoms. The number of hydrogen-bond donors (Lipinski definition) is 0. The van der Waals surface area contributed by atoms with E-state index in [1.54, 1.807) is 7.05 Å². The van der Waals surface area contributed by atoms with Crippen molar-refractivity contribution in [2.24, 2.45) is 0 Å². The Morgan fingerprint density at radius 1 is 1.33 bits per heavy atom. The molecule has 1 unspecified atom stereocenters. The van der Waals surface area contributed by atoms with Gasteiger partial charge in [-0.25, -0.2) is 0 Å². The Hall–Kier alpha value is -1.18. The molecule has 0 saturated carbocycles. The molecule has 64 valence electrons. The van der Waals surface area contributed by atoms with Gasteiger partial charge in [-0.1, -0.05) is 24.3 Å². The summed E-state index contributed by atoms with van der Waals surface area (Å²) in [6.45, 7) is 4.03. The van der Waals surface area contributed by atoms with Gasteiger partial charge in [-0.2, -0.15) is 0 Å². The van der Waals surface area contributed by atoms with Crippen molar-refractivity contribution in [1.82, 2.24) is 0 Å². The molecule has 12 heavy (non-hydrogen) atoms. The van der Waals surface area contributed by atoms with E-state index in [9.17, 15) is 5.53 Å². The summed E-state index contributed by atoms with van der Waals surface area (Å²) >= 11 is 0. The minimum Gasteiger partial charge on any atom is -0.506 e. The lowest BCUT2D eigenvalue weighted by molar-refractivity contribution is -0.561. The summed E-state index contributed by atoms with van der Waals surface area (Å²) in [4.78, 5) is 0. The first kappa shape index (κ1) is 8.91. The van der Waals surface area contributed by atoms with Crippen LogP contribution in [0.1, 0.15) is 24.1 Å². The van der Waals surface area contributed by atoms with E-state index < -0.39 is 0 Å². The van der Waals surface area contributed by atoms with Crippen molar-refractivity contribution in [3.63, 3.8) is 0 Å². The van der Waals surface area contributed by atoms with Crippen LogP contribution in [-0.2, 0) is 0 Å². The molecule has 0 spiro atoms. The van der Waals surface area contributed by atoms with Crippen LogP contribution in [0.3, 0.4) is 0 Å². The van der Waals surface area contributed by atoms with Crippen LogP contribution in [0.2, 0.25) is 0 Å². The molecule has 1 atom stereocenters. The van der Waals surface area contributed by atoms with Gasteiger partial charge >= 0.3 is 0 Å². The van der Waals surface area contributed by atoms with Crippen LogP contribution < -0.4 is 0 Å². The van der Waals surface area contributed by atoms with Crippen LogP contribution in [-0.4, -0.2) is 11.7 Å². The maximum Gasteiger partial charge on any atom is 0.163 e. The van der Waals surface area contributed by atoms with E-state index in [0.717, 1.165) is 0 Å². The number of nitrogens with zero attached hydrogens (tertiary/aromatic N) is 2. The first-order valence-corrected chi connectivity index (χ1v) is 4.10. The van der Waals surface area contributed by atoms with Gasteiger partial charge in [-0.05, 0) is 12.5 Å². The third kappa shape index (κ3) is 1.70. The van der Waals surface area contributed by atoms with Crippen molar-refractivity contribution < 1.29 is 4.70 Å². The number of benzene rings is 1. The molecule has 0 aliphatic carbocycles. The molecule has 0 saturated heterocycles. The fraction of sp³-hybridized carbons (Fsp3) is 0.400. The van der Waals surface area contributed by atoms with E-state index in [0.29, 0.717) is 0 Å². The lowest BCUT2D eigenvalue weighted by Gasteiger charge is -2.13. The van der Waals surface area contributed by atoms with Crippen LogP contribution in [0.4, 0.5) is 0 Å². The molecule has 0 radical (unpaired) electrons. The standard InChI is InChI=1S/C10H14N2/c1-8-6-4-5-7-10(8)9(2)12(3)11/h4-7,9H,1-3H3. The van der Waals surface area contributed by atoms with Crippen molar-refractivity contribution in [2.75, 3.05) is 7.05 Å². The molecule has 1 rings (SSSR count). The third-order valence-corrected chi connectivity index (χ3v) is 2.20. The number of aryl methyl sites for hydroxylation is 1. The maximum absolute atomic E-state index is 9.23. The zero-order valence-electron chi connectivity index (χ0n) is 7.78. The van der Waals surface area contributed by atoms with Gasteiger partial charge in [0.05, 0.1) is 0 Å². The molecule has 0 aliphatic rings. The van der Waals surface area contributed by atoms with Gasteiger partial charge in [0, 0.05) is 12.5 Å². The van der Waals surface area contributed by atoms with Gasteiger partial charge in [-0.3, -0.25) is 0 Å². The van der Waals surface area contributed by atoms with E-state index in [1.165, 1.54) is 15.8 Å². The highest BCUT2D eigenvalue weighted by Crippen LogP contribution is 2.18. The second-order valence-electron chi connectivity index (χ2n) is 3.11. The molecule has 0 heterocycles. The summed E-state index contributed by atoms with van der Waals surface area (Å²) in [6.07, 6.45) is 0. The Morgan fingerprint density at radius 3 is 2.42 bits per heavy atom. The highest BCUT2D eigenvalue weighted by atomic mass is 15.2. The highest BCUT2D eigenvalue weighted by Gasteiger charge is 2.10. The van der Waals surface area contributed by atoms with E-state index in [4.69, 9.17) is 0 Å². The van der Waals surface area contributed by atoms with Gasteiger partial charge in [0.25, 0.3) is 0 Å². The van der Waals surface area contributed by atoms with Gasteiger partial charge in [0.15, 0.2) is 6.04 Å². The monoisotopic (exact) mass is 162 g/mol. The Balaban J connectivity index is 3.02. The summed E-state index contributed by atoms with van der Waals surface area (Å²) in [5, 5.41) is 0. The molecule has 1 aromatic carbocycles. The minimum absolute atomic E-state index is 0.0613. The van der Waals surface area contributed by atoms with E-state index >= 15 is 0 Å². The van der Waals surface area contributed by atoms with Crippen molar-refractivity contribution in [2.45, 2.75) is 19.9 Å². The minimum atomic E-state index is 0.0613. The normalized spacial score (nSPS) is 12.6. The topological polar surface area (TPSA) is 25.3 Å². The van der Waals surface area contributed by atoms with Gasteiger partial charge in [0.1, 0.15) is 7.05 Å². The van der Waals surface area contributed by atoms with Crippen molar-refractivity contribution in [3.05, 3.63) is 40.9 Å². The largest absolute Gasteiger partial charge is 0.506 e. The molecule has 2 nitrogen and oxygen atoms in total. The average Bonchev–Trinajstić information content (AvgIpc) is 2.04. The van der Waals surface area contributed by atoms with Gasteiger partial charge in [0.2, 0.25) is 0 Å². The number of hydrogen-bond acceptors (Lipinski definition) is 0. The molecule has 0 aliphatic heterocycles. The lowest BCUT2D eigenvalue weighted by atomic mass is 10.0. The molecule has 0 bridgehead atoms. The molecule has 0 N–H and O–H groups in total. The van der Waals surface area contributed by atoms with Crippen LogP contribution in [0.25, 0.3) is 5.53 Å². The quantitative estimate of drug-likeness (QED) is 0.472. The van der Waals surface area contributed by atoms with E-state index in [2.05, 4.69) is 13.0 Å². The Morgan fingerprint density at radius 2 is 1.92 bits per heavy atom.